The second-order valence-electron chi connectivity index (χ2n) is 5.56. The third kappa shape index (κ3) is 3.24. The Hall–Kier alpha value is -0.0400. The molecule has 3 unspecified atom stereocenters. The highest BCUT2D eigenvalue weighted by atomic mass is 127. The Morgan fingerprint density at radius 3 is 2.05 bits per heavy atom. The number of methoxy groups -OCH3 is 1. The van der Waals surface area contributed by atoms with Crippen LogP contribution in [0.1, 0.15) is 47.5 Å². The van der Waals surface area contributed by atoms with E-state index in [1.165, 1.54) is 0 Å². The molecule has 0 aromatic heterocycles. The number of hydrogen-bond acceptors (Lipinski definition) is 2. The molecule has 1 rings (SSSR count). The molecule has 0 radical (unpaired) electrons. The second kappa shape index (κ2) is 8.41. The second-order valence-corrected chi connectivity index (χ2v) is 5.56. The van der Waals surface area contributed by atoms with Crippen molar-refractivity contribution < 1.29 is 4.74 Å². The summed E-state index contributed by atoms with van der Waals surface area (Å²) in [5.74, 6) is 1.13. The maximum atomic E-state index is 6.16. The first kappa shape index (κ1) is 20.0. The number of hydrogen-bond donors (Lipinski definition) is 1. The Morgan fingerprint density at radius 2 is 1.70 bits per heavy atom. The van der Waals surface area contributed by atoms with E-state index in [1.54, 1.807) is 0 Å². The van der Waals surface area contributed by atoms with Crippen molar-refractivity contribution in [1.29, 1.82) is 0 Å². The van der Waals surface area contributed by atoms with Crippen LogP contribution in [-0.2, 0) is 4.74 Å². The minimum absolute atomic E-state index is 0. The van der Waals surface area contributed by atoms with Gasteiger partial charge in [-0.15, -0.1) is 24.0 Å². The molecule has 3 atom stereocenters. The summed E-state index contributed by atoms with van der Waals surface area (Å²) >= 11 is 0. The molecule has 4 nitrogen and oxygen atoms in total. The monoisotopic (exact) mass is 397 g/mol. The van der Waals surface area contributed by atoms with Crippen LogP contribution >= 0.6 is 24.0 Å². The normalized spacial score (nSPS) is 28.5. The van der Waals surface area contributed by atoms with Crippen molar-refractivity contribution in [1.82, 2.24) is 4.90 Å². The van der Waals surface area contributed by atoms with Gasteiger partial charge in [-0.25, -0.2) is 4.99 Å². The molecule has 5 heteroatoms. The Bertz CT molecular complexity index is 314. The summed E-state index contributed by atoms with van der Waals surface area (Å²) in [5.41, 5.74) is 6.32. The number of guanidine groups is 1. The molecule has 0 aromatic carbocycles. The van der Waals surface area contributed by atoms with Crippen LogP contribution in [0.2, 0.25) is 0 Å². The first-order chi connectivity index (χ1) is 9.02. The average molecular weight is 397 g/mol. The third-order valence-electron chi connectivity index (χ3n) is 5.06. The van der Waals surface area contributed by atoms with Crippen LogP contribution in [-0.4, -0.2) is 43.2 Å². The van der Waals surface area contributed by atoms with Crippen LogP contribution in [0, 0.1) is 11.3 Å². The van der Waals surface area contributed by atoms with Gasteiger partial charge >= 0.3 is 0 Å². The quantitative estimate of drug-likeness (QED) is 0.426. The summed E-state index contributed by atoms with van der Waals surface area (Å²) in [4.78, 5) is 6.95. The van der Waals surface area contributed by atoms with Crippen LogP contribution < -0.4 is 5.73 Å². The lowest BCUT2D eigenvalue weighted by molar-refractivity contribution is -0.156. The van der Waals surface area contributed by atoms with E-state index in [4.69, 9.17) is 15.5 Å². The van der Waals surface area contributed by atoms with Gasteiger partial charge in [-0.1, -0.05) is 20.8 Å². The van der Waals surface area contributed by atoms with Gasteiger partial charge in [0, 0.05) is 31.5 Å². The molecule has 20 heavy (non-hydrogen) atoms. The van der Waals surface area contributed by atoms with Crippen molar-refractivity contribution in [2.75, 3.05) is 20.2 Å². The molecule has 120 valence electrons. The molecule has 1 aliphatic rings. The molecule has 2 N–H and O–H groups in total. The lowest BCUT2D eigenvalue weighted by atomic mass is 9.53. The molecule has 1 fully saturated rings. The van der Waals surface area contributed by atoms with Crippen LogP contribution in [0.15, 0.2) is 4.99 Å². The Labute approximate surface area is 141 Å². The predicted molar refractivity (Wildman–Crippen MR) is 96.7 cm³/mol. The van der Waals surface area contributed by atoms with Gasteiger partial charge in [0.1, 0.15) is 0 Å². The van der Waals surface area contributed by atoms with Crippen molar-refractivity contribution in [3.63, 3.8) is 0 Å². The standard InChI is InChI=1S/C15H31N3O.HI/c1-7-15(8-2)12(11(5)13(15)19-6)17-14(16)18(9-3)10-4;/h11-13H,7-10H2,1-6H3,(H2,16,17);1H. The molecule has 1 saturated carbocycles. The maximum Gasteiger partial charge on any atom is 0.191 e. The smallest absolute Gasteiger partial charge is 0.191 e. The van der Waals surface area contributed by atoms with Crippen LogP contribution in [0.25, 0.3) is 0 Å². The van der Waals surface area contributed by atoms with Crippen molar-refractivity contribution in [2.45, 2.75) is 59.6 Å². The van der Waals surface area contributed by atoms with Crippen molar-refractivity contribution in [2.24, 2.45) is 22.1 Å². The fourth-order valence-electron chi connectivity index (χ4n) is 3.80. The van der Waals surface area contributed by atoms with Gasteiger partial charge in [0.15, 0.2) is 5.96 Å². The zero-order valence-electron chi connectivity index (χ0n) is 13.8. The molecule has 0 aromatic rings. The van der Waals surface area contributed by atoms with E-state index < -0.39 is 0 Å². The molecule has 0 spiro atoms. The van der Waals surface area contributed by atoms with E-state index in [-0.39, 0.29) is 35.4 Å². The fraction of sp³-hybridized carbons (Fsp3) is 0.933. The third-order valence-corrected chi connectivity index (χ3v) is 5.06. The van der Waals surface area contributed by atoms with Gasteiger partial charge in [-0.05, 0) is 26.7 Å². The predicted octanol–water partition coefficient (Wildman–Crippen LogP) is 3.10. The van der Waals surface area contributed by atoms with Crippen LogP contribution in [0.5, 0.6) is 0 Å². The lowest BCUT2D eigenvalue weighted by Crippen LogP contribution is -2.63. The van der Waals surface area contributed by atoms with E-state index in [9.17, 15) is 0 Å². The van der Waals surface area contributed by atoms with Gasteiger partial charge in [0.25, 0.3) is 0 Å². The lowest BCUT2D eigenvalue weighted by Gasteiger charge is -2.58. The molecular formula is C15H32IN3O. The van der Waals surface area contributed by atoms with E-state index in [0.29, 0.717) is 18.0 Å². The van der Waals surface area contributed by atoms with E-state index >= 15 is 0 Å². The summed E-state index contributed by atoms with van der Waals surface area (Å²) in [7, 11) is 1.81. The first-order valence-corrected chi connectivity index (χ1v) is 7.63. The highest BCUT2D eigenvalue weighted by molar-refractivity contribution is 14.0. The molecular weight excluding hydrogens is 365 g/mol. The minimum Gasteiger partial charge on any atom is -0.380 e. The highest BCUT2D eigenvalue weighted by Gasteiger charge is 2.58. The van der Waals surface area contributed by atoms with Crippen molar-refractivity contribution in [3.05, 3.63) is 0 Å². The Morgan fingerprint density at radius 1 is 1.20 bits per heavy atom. The molecule has 1 aliphatic carbocycles. The summed E-state index contributed by atoms with van der Waals surface area (Å²) in [6.07, 6.45) is 2.48. The minimum atomic E-state index is 0. The van der Waals surface area contributed by atoms with Gasteiger partial charge in [-0.3, -0.25) is 0 Å². The van der Waals surface area contributed by atoms with Gasteiger partial charge in [-0.2, -0.15) is 0 Å². The molecule has 0 aliphatic heterocycles. The zero-order chi connectivity index (χ0) is 14.6. The number of rotatable bonds is 6. The van der Waals surface area contributed by atoms with Gasteiger partial charge in [0.05, 0.1) is 12.1 Å². The van der Waals surface area contributed by atoms with Gasteiger partial charge < -0.3 is 15.4 Å². The number of ether oxygens (including phenoxy) is 1. The molecule has 0 bridgehead atoms. The Kier molecular flexibility index (Phi) is 8.40. The number of halogens is 1. The van der Waals surface area contributed by atoms with Gasteiger partial charge in [0.2, 0.25) is 0 Å². The van der Waals surface area contributed by atoms with E-state index in [2.05, 4.69) is 39.5 Å². The molecule has 0 saturated heterocycles. The highest BCUT2D eigenvalue weighted by Crippen LogP contribution is 2.54. The first-order valence-electron chi connectivity index (χ1n) is 7.63. The van der Waals surface area contributed by atoms with Crippen LogP contribution in [0.4, 0.5) is 0 Å². The number of nitrogens with zero attached hydrogens (tertiary/aromatic N) is 2. The van der Waals surface area contributed by atoms with Crippen LogP contribution in [0.3, 0.4) is 0 Å². The number of aliphatic imine (C=N–C) groups is 1. The van der Waals surface area contributed by atoms with E-state index in [0.717, 1.165) is 25.9 Å². The maximum absolute atomic E-state index is 6.16. The SMILES string of the molecule is CCN(CC)C(N)=NC1C(C)C(OC)C1(CC)CC.I. The fourth-order valence-corrected chi connectivity index (χ4v) is 3.80. The number of nitrogens with two attached hydrogens (primary N) is 1. The van der Waals surface area contributed by atoms with Crippen molar-refractivity contribution in [3.8, 4) is 0 Å². The van der Waals surface area contributed by atoms with E-state index in [1.807, 2.05) is 7.11 Å². The average Bonchev–Trinajstić information content (AvgIpc) is 2.43. The topological polar surface area (TPSA) is 50.8 Å². The summed E-state index contributed by atoms with van der Waals surface area (Å²) < 4.78 is 5.70. The Balaban J connectivity index is 0.00000361. The summed E-state index contributed by atoms with van der Waals surface area (Å²) in [6, 6.07) is 0.285. The molecule has 0 amide bonds. The zero-order valence-corrected chi connectivity index (χ0v) is 16.2. The van der Waals surface area contributed by atoms with Crippen molar-refractivity contribution >= 4 is 29.9 Å². The summed E-state index contributed by atoms with van der Waals surface area (Å²) in [6.45, 7) is 12.7. The molecule has 0 heterocycles. The summed E-state index contributed by atoms with van der Waals surface area (Å²) in [5, 5.41) is 0. The largest absolute Gasteiger partial charge is 0.380 e.